The number of nitrogens with one attached hydrogen (secondary N) is 2. The summed E-state index contributed by atoms with van der Waals surface area (Å²) in [6.07, 6.45) is 15.5. The second kappa shape index (κ2) is 19.8. The van der Waals surface area contributed by atoms with Crippen LogP contribution in [0, 0.1) is 34.5 Å². The number of aliphatic hydroxyl groups is 4. The Labute approximate surface area is 485 Å². The Hall–Kier alpha value is -7.06. The molecule has 11 heteroatoms. The van der Waals surface area contributed by atoms with Crippen LogP contribution in [-0.2, 0) is 14.5 Å². The topological polar surface area (TPSA) is 166 Å². The Morgan fingerprint density at radius 1 is 0.578 bits per heavy atom. The van der Waals surface area contributed by atoms with Gasteiger partial charge in [-0.15, -0.1) is 0 Å². The first kappa shape index (κ1) is 53.9. The molecule has 9 aliphatic rings. The Balaban J connectivity index is 0.000000156. The molecule has 0 amide bonds. The number of aromatic nitrogens is 4. The van der Waals surface area contributed by atoms with Gasteiger partial charge in [0.2, 0.25) is 0 Å². The van der Waals surface area contributed by atoms with Gasteiger partial charge in [0.25, 0.3) is 0 Å². The molecule has 83 heavy (non-hydrogen) atoms. The van der Waals surface area contributed by atoms with Gasteiger partial charge in [0.15, 0.2) is 0 Å². The molecule has 5 aliphatic heterocycles. The van der Waals surface area contributed by atoms with Crippen molar-refractivity contribution in [2.45, 2.75) is 127 Å². The number of rotatable bonds is 7. The first-order valence-corrected chi connectivity index (χ1v) is 29.8. The monoisotopic (exact) mass is 1110 g/mol. The minimum Gasteiger partial charge on any atom is -0.393 e. The van der Waals surface area contributed by atoms with E-state index in [1.807, 2.05) is 31.2 Å². The number of fused-ring (bicyclic) bond motifs is 12. The molecule has 11 nitrogen and oxygen atoms in total. The Kier molecular flexibility index (Phi) is 12.8. The summed E-state index contributed by atoms with van der Waals surface area (Å²) in [4.78, 5) is 30.9. The number of hydrogen-bond donors (Lipinski definition) is 6. The highest BCUT2D eigenvalue weighted by atomic mass is 17.2. The van der Waals surface area contributed by atoms with Crippen molar-refractivity contribution < 1.29 is 34.9 Å². The van der Waals surface area contributed by atoms with Crippen molar-refractivity contribution in [3.63, 3.8) is 0 Å². The molecule has 2 saturated heterocycles. The number of H-pyrrole nitrogens is 2. The molecule has 16 rings (SSSR count). The predicted molar refractivity (Wildman–Crippen MR) is 329 cm³/mol. The maximum atomic E-state index is 12.0. The van der Waals surface area contributed by atoms with Crippen LogP contribution in [0.3, 0.4) is 0 Å². The summed E-state index contributed by atoms with van der Waals surface area (Å²) >= 11 is 0. The van der Waals surface area contributed by atoms with Gasteiger partial charge in [-0.2, -0.15) is 0 Å². The van der Waals surface area contributed by atoms with E-state index in [0.29, 0.717) is 6.42 Å². The number of benzene rings is 4. The van der Waals surface area contributed by atoms with Crippen LogP contribution >= 0.6 is 0 Å². The van der Waals surface area contributed by atoms with Gasteiger partial charge in [0, 0.05) is 79.8 Å². The van der Waals surface area contributed by atoms with Gasteiger partial charge < -0.3 is 35.1 Å². The van der Waals surface area contributed by atoms with Crippen molar-refractivity contribution in [3.8, 4) is 44.5 Å². The number of aromatic amines is 2. The predicted octanol–water partition coefficient (Wildman–Crippen LogP) is 14.2. The molecular weight excluding hydrogens is 1030 g/mol. The largest absolute Gasteiger partial charge is 0.393 e. The summed E-state index contributed by atoms with van der Waals surface area (Å²) in [6, 6.07) is 50.7. The number of hydrogen-bond acceptors (Lipinski definition) is 9. The molecule has 13 unspecified atom stereocenters. The molecule has 13 atom stereocenters. The zero-order valence-electron chi connectivity index (χ0n) is 48.1. The van der Waals surface area contributed by atoms with E-state index in [2.05, 4.69) is 182 Å². The van der Waals surface area contributed by atoms with Crippen molar-refractivity contribution >= 4 is 46.4 Å². The lowest BCUT2D eigenvalue weighted by Gasteiger charge is -2.69. The molecule has 2 spiro atoms. The first-order valence-electron chi connectivity index (χ1n) is 29.8. The summed E-state index contributed by atoms with van der Waals surface area (Å²) < 4.78 is 6.50. The molecule has 0 radical (unpaired) electrons. The molecule has 3 saturated carbocycles. The first-order chi connectivity index (χ1) is 39.9. The lowest BCUT2D eigenvalue weighted by atomic mass is 9.42. The highest BCUT2D eigenvalue weighted by molar-refractivity contribution is 5.99. The molecule has 5 fully saturated rings. The molecular formula is C72H74N4O7. The van der Waals surface area contributed by atoms with Crippen molar-refractivity contribution in [1.29, 1.82) is 0 Å². The average molecular weight is 1110 g/mol. The van der Waals surface area contributed by atoms with Crippen molar-refractivity contribution in [2.75, 3.05) is 0 Å². The molecule has 3 aromatic heterocycles. The van der Waals surface area contributed by atoms with E-state index in [9.17, 15) is 20.4 Å². The lowest BCUT2D eigenvalue weighted by Crippen LogP contribution is -2.73. The summed E-state index contributed by atoms with van der Waals surface area (Å²) in [5.74, 6) is -0.227. The normalized spacial score (nSPS) is 31.5. The lowest BCUT2D eigenvalue weighted by molar-refractivity contribution is -0.498. The minimum absolute atomic E-state index is 0.109. The number of aliphatic hydroxyl groups excluding tert-OH is 2. The van der Waals surface area contributed by atoms with E-state index >= 15 is 0 Å². The van der Waals surface area contributed by atoms with Crippen LogP contribution < -0.4 is 0 Å². The summed E-state index contributed by atoms with van der Waals surface area (Å²) in [7, 11) is 0. The fraction of sp³-hybridized carbons (Fsp3) is 0.361. The van der Waals surface area contributed by atoms with E-state index in [0.717, 1.165) is 121 Å². The molecule has 7 aromatic rings. The fourth-order valence-electron chi connectivity index (χ4n) is 16.7. The van der Waals surface area contributed by atoms with Crippen molar-refractivity contribution in [2.24, 2.45) is 34.5 Å². The van der Waals surface area contributed by atoms with Crippen LogP contribution in [0.25, 0.3) is 90.9 Å². The summed E-state index contributed by atoms with van der Waals surface area (Å²) in [6.45, 7) is 11.6. The van der Waals surface area contributed by atoms with E-state index in [1.165, 1.54) is 0 Å². The van der Waals surface area contributed by atoms with E-state index in [1.54, 1.807) is 20.8 Å². The quantitative estimate of drug-likeness (QED) is 0.0673. The van der Waals surface area contributed by atoms with Crippen LogP contribution in [-0.4, -0.2) is 87.2 Å². The fourth-order valence-corrected chi connectivity index (χ4v) is 16.7. The van der Waals surface area contributed by atoms with Gasteiger partial charge in [-0.25, -0.2) is 19.7 Å². The minimum atomic E-state index is -1.24. The molecule has 6 N–H and O–H groups in total. The summed E-state index contributed by atoms with van der Waals surface area (Å²) in [5.41, 5.74) is 12.3. The molecule has 8 heterocycles. The third-order valence-electron chi connectivity index (χ3n) is 21.1. The third kappa shape index (κ3) is 8.47. The maximum absolute atomic E-state index is 12.0. The van der Waals surface area contributed by atoms with Gasteiger partial charge in [0.1, 0.15) is 17.3 Å². The van der Waals surface area contributed by atoms with Gasteiger partial charge in [-0.3, -0.25) is 0 Å². The highest BCUT2D eigenvalue weighted by Gasteiger charge is 2.78. The highest BCUT2D eigenvalue weighted by Crippen LogP contribution is 2.74. The van der Waals surface area contributed by atoms with Crippen molar-refractivity contribution in [1.82, 2.24) is 19.9 Å². The SMILES string of the molecule is C1=Cc2nc1c(-c1ccccc1)c1ccc([nH]1)c(-c1ccccc1)c1nc(c(-c3ccccc3)c3ccc([nH]3)c2-c2ccccc2)C=C1.CC(C(O)C1OC2CC3C(C)(CCC4C35C=CC3(CC(O)CCC43C)OO5)C2C1(C)O)C(C)(C)O. The van der Waals surface area contributed by atoms with Gasteiger partial charge in [-0.1, -0.05) is 148 Å². The smallest absolute Gasteiger partial charge is 0.130 e. The molecule has 4 aliphatic carbocycles. The third-order valence-corrected chi connectivity index (χ3v) is 21.1. The maximum Gasteiger partial charge on any atom is 0.130 e. The zero-order valence-corrected chi connectivity index (χ0v) is 48.1. The molecule has 10 bridgehead atoms. The molecule has 4 aromatic carbocycles. The standard InChI is InChI=1S/C44H30N4.C28H44O7/c1-5-13-29(14-6-1)41-33-21-23-35(45-33)42(30-15-7-2-8-16-30)37-25-27-39(47-37)44(32-19-11-4-12-20-32)40-28-26-38(48-40)43(31-17-9-3-10-18-31)36-24-22-34(41)46-36;1-15(23(2,3)31)20(30)22-26(6,32)21-17(33-22)13-19-24(21,4)9-8-18-25(5)10-7-16(29)14-27(25)11-12-28(18,19)35-34-27/h1-28,45,48H;11-12,15-22,29-32H,7-10,13-14H2,1-6H3. The average Bonchev–Trinajstić information content (AvgIpc) is 1.69. The number of ether oxygens (including phenoxy) is 1. The van der Waals surface area contributed by atoms with Crippen LogP contribution in [0.1, 0.15) is 103 Å². The second-order valence-electron chi connectivity index (χ2n) is 26.1. The molecule has 424 valence electrons. The van der Waals surface area contributed by atoms with Crippen LogP contribution in [0.5, 0.6) is 0 Å². The Bertz CT molecular complexity index is 3560. The zero-order chi connectivity index (χ0) is 57.3. The number of nitrogens with zero attached hydrogens (tertiary/aromatic N) is 2. The van der Waals surface area contributed by atoms with E-state index in [-0.39, 0.29) is 40.8 Å². The van der Waals surface area contributed by atoms with E-state index in [4.69, 9.17) is 24.5 Å². The van der Waals surface area contributed by atoms with Crippen LogP contribution in [0.2, 0.25) is 0 Å². The van der Waals surface area contributed by atoms with Gasteiger partial charge >= 0.3 is 0 Å². The van der Waals surface area contributed by atoms with Gasteiger partial charge in [-0.05, 0) is 135 Å². The summed E-state index contributed by atoms with van der Waals surface area (Å²) in [5, 5.41) is 44.1. The Morgan fingerprint density at radius 2 is 1.01 bits per heavy atom. The van der Waals surface area contributed by atoms with Gasteiger partial charge in [0.05, 0.1) is 52.3 Å². The van der Waals surface area contributed by atoms with E-state index < -0.39 is 40.5 Å². The van der Waals surface area contributed by atoms with Crippen LogP contribution in [0.4, 0.5) is 0 Å². The van der Waals surface area contributed by atoms with Crippen LogP contribution in [0.15, 0.2) is 158 Å². The Morgan fingerprint density at radius 3 is 1.41 bits per heavy atom. The second-order valence-corrected chi connectivity index (χ2v) is 26.1. The van der Waals surface area contributed by atoms with Crippen molar-refractivity contribution in [3.05, 3.63) is 181 Å².